The number of halogens is 1. The molecule has 8 heteroatoms. The van der Waals surface area contributed by atoms with E-state index in [0.29, 0.717) is 21.2 Å². The van der Waals surface area contributed by atoms with Gasteiger partial charge >= 0.3 is 11.9 Å². The molecule has 0 saturated heterocycles. The zero-order chi connectivity index (χ0) is 23.0. The first-order chi connectivity index (χ1) is 15.4. The lowest BCUT2D eigenvalue weighted by molar-refractivity contribution is 0.0556. The highest BCUT2D eigenvalue weighted by molar-refractivity contribution is 9.10. The van der Waals surface area contributed by atoms with Crippen LogP contribution in [0.4, 0.5) is 5.69 Å². The zero-order valence-electron chi connectivity index (χ0n) is 17.0. The maximum atomic E-state index is 13.7. The van der Waals surface area contributed by atoms with E-state index in [2.05, 4.69) is 20.8 Å². The van der Waals surface area contributed by atoms with Crippen molar-refractivity contribution in [2.75, 3.05) is 14.2 Å². The molecule has 7 nitrogen and oxygen atoms in total. The van der Waals surface area contributed by atoms with Crippen LogP contribution in [0.5, 0.6) is 0 Å². The van der Waals surface area contributed by atoms with Crippen LogP contribution < -0.4 is 0 Å². The lowest BCUT2D eigenvalue weighted by Gasteiger charge is -2.10. The number of fused-ring (bicyclic) bond motifs is 3. The van der Waals surface area contributed by atoms with Gasteiger partial charge in [0.15, 0.2) is 5.69 Å². The average molecular weight is 491 g/mol. The number of nitrogens with zero attached hydrogens (tertiary/aromatic N) is 2. The Balaban J connectivity index is 2.21. The number of hydrogen-bond acceptors (Lipinski definition) is 5. The fraction of sp³-hybridized carbons (Fsp3) is 0.0833. The van der Waals surface area contributed by atoms with Gasteiger partial charge in [-0.25, -0.2) is 14.4 Å². The summed E-state index contributed by atoms with van der Waals surface area (Å²) < 4.78 is 12.0. The molecule has 0 aliphatic carbocycles. The van der Waals surface area contributed by atoms with E-state index >= 15 is 0 Å². The number of methoxy groups -OCH3 is 2. The van der Waals surface area contributed by atoms with Gasteiger partial charge in [0.1, 0.15) is 16.8 Å². The van der Waals surface area contributed by atoms with Gasteiger partial charge in [-0.2, -0.15) is 0 Å². The molecule has 0 N–H and O–H groups in total. The Bertz CT molecular complexity index is 1460. The highest BCUT2D eigenvalue weighted by atomic mass is 79.9. The van der Waals surface area contributed by atoms with Crippen LogP contribution in [0.2, 0.25) is 0 Å². The summed E-state index contributed by atoms with van der Waals surface area (Å²) in [6.45, 7) is 7.11. The van der Waals surface area contributed by atoms with Gasteiger partial charge in [0.05, 0.1) is 31.8 Å². The van der Waals surface area contributed by atoms with Crippen molar-refractivity contribution in [3.63, 3.8) is 0 Å². The second-order valence-corrected chi connectivity index (χ2v) is 7.66. The van der Waals surface area contributed by atoms with Crippen molar-refractivity contribution in [3.8, 4) is 0 Å². The molecule has 32 heavy (non-hydrogen) atoms. The maximum Gasteiger partial charge on any atom is 0.341 e. The Morgan fingerprint density at radius 2 is 1.56 bits per heavy atom. The number of carbonyl (C=O) groups is 3. The van der Waals surface area contributed by atoms with Gasteiger partial charge in [-0.3, -0.25) is 4.79 Å². The summed E-state index contributed by atoms with van der Waals surface area (Å²) >= 11 is 3.48. The Labute approximate surface area is 191 Å². The first kappa shape index (κ1) is 21.3. The van der Waals surface area contributed by atoms with E-state index in [-0.39, 0.29) is 22.4 Å². The number of carbonyl (C=O) groups excluding carboxylic acids is 3. The summed E-state index contributed by atoms with van der Waals surface area (Å²) in [6, 6.07) is 15.1. The number of para-hydroxylation sites is 1. The van der Waals surface area contributed by atoms with Gasteiger partial charge < -0.3 is 13.9 Å². The normalized spacial score (nSPS) is 10.7. The van der Waals surface area contributed by atoms with Crippen molar-refractivity contribution < 1.29 is 23.9 Å². The lowest BCUT2D eigenvalue weighted by Crippen LogP contribution is -2.15. The van der Waals surface area contributed by atoms with E-state index in [1.807, 2.05) is 12.1 Å². The second-order valence-electron chi connectivity index (χ2n) is 6.80. The summed E-state index contributed by atoms with van der Waals surface area (Å²) in [7, 11) is 2.38. The molecule has 2 aromatic carbocycles. The van der Waals surface area contributed by atoms with E-state index in [1.54, 1.807) is 22.6 Å². The van der Waals surface area contributed by atoms with Crippen LogP contribution >= 0.6 is 15.9 Å². The van der Waals surface area contributed by atoms with E-state index < -0.39 is 17.7 Å². The van der Waals surface area contributed by atoms with Crippen LogP contribution in [0.25, 0.3) is 21.3 Å². The monoisotopic (exact) mass is 490 g/mol. The minimum atomic E-state index is -0.841. The SMILES string of the molecule is [C-]#[N+]c1ccc(C(=O)c2c(C(=O)OC)c(C(=O)OC)c3c(Br)cc4ccccc4n23)cc1. The Hall–Kier alpha value is -3.96. The molecule has 0 fully saturated rings. The number of pyridine rings is 1. The molecule has 4 aromatic rings. The smallest absolute Gasteiger partial charge is 0.341 e. The largest absolute Gasteiger partial charge is 0.465 e. The van der Waals surface area contributed by atoms with Crippen molar-refractivity contribution in [1.82, 2.24) is 4.40 Å². The molecular formula is C24H15BrN2O5. The first-order valence-corrected chi connectivity index (χ1v) is 10.2. The number of aromatic nitrogens is 1. The first-order valence-electron chi connectivity index (χ1n) is 9.37. The van der Waals surface area contributed by atoms with Gasteiger partial charge in [-0.15, -0.1) is 0 Å². The predicted octanol–water partition coefficient (Wildman–Crippen LogP) is 5.21. The summed E-state index contributed by atoms with van der Waals surface area (Å²) in [5.74, 6) is -2.12. The molecule has 2 aromatic heterocycles. The van der Waals surface area contributed by atoms with Gasteiger partial charge in [0.2, 0.25) is 5.78 Å². The fourth-order valence-corrected chi connectivity index (χ4v) is 4.32. The van der Waals surface area contributed by atoms with Crippen molar-refractivity contribution in [1.29, 1.82) is 0 Å². The van der Waals surface area contributed by atoms with Crippen molar-refractivity contribution in [2.24, 2.45) is 0 Å². The van der Waals surface area contributed by atoms with E-state index in [9.17, 15) is 14.4 Å². The molecule has 0 aliphatic heterocycles. The molecule has 0 unspecified atom stereocenters. The minimum absolute atomic E-state index is 0.0275. The average Bonchev–Trinajstić information content (AvgIpc) is 3.19. The zero-order valence-corrected chi connectivity index (χ0v) is 18.6. The van der Waals surface area contributed by atoms with E-state index in [1.165, 1.54) is 38.5 Å². The molecule has 4 rings (SSSR count). The molecule has 0 saturated carbocycles. The third-order valence-corrected chi connectivity index (χ3v) is 5.71. The molecule has 0 amide bonds. The number of esters is 2. The molecule has 0 radical (unpaired) electrons. The van der Waals surface area contributed by atoms with Gasteiger partial charge in [0, 0.05) is 10.0 Å². The fourth-order valence-electron chi connectivity index (χ4n) is 3.70. The third kappa shape index (κ3) is 3.24. The summed E-state index contributed by atoms with van der Waals surface area (Å²) in [4.78, 5) is 42.7. The third-order valence-electron chi connectivity index (χ3n) is 5.11. The molecule has 0 spiro atoms. The Morgan fingerprint density at radius 3 is 2.19 bits per heavy atom. The number of ether oxygens (including phenoxy) is 2. The van der Waals surface area contributed by atoms with Gasteiger partial charge in [-0.1, -0.05) is 42.5 Å². The highest BCUT2D eigenvalue weighted by Crippen LogP contribution is 2.36. The number of benzene rings is 2. The van der Waals surface area contributed by atoms with Crippen molar-refractivity contribution in [2.45, 2.75) is 0 Å². The van der Waals surface area contributed by atoms with Crippen molar-refractivity contribution >= 4 is 55.8 Å². The van der Waals surface area contributed by atoms with Gasteiger partial charge in [-0.05, 0) is 33.4 Å². The number of hydrogen-bond donors (Lipinski definition) is 0. The number of ketones is 1. The Morgan fingerprint density at radius 1 is 0.938 bits per heavy atom. The minimum Gasteiger partial charge on any atom is -0.465 e. The molecule has 0 bridgehead atoms. The van der Waals surface area contributed by atoms with E-state index in [4.69, 9.17) is 16.0 Å². The van der Waals surface area contributed by atoms with E-state index in [0.717, 1.165) is 5.39 Å². The lowest BCUT2D eigenvalue weighted by atomic mass is 10.0. The summed E-state index contributed by atoms with van der Waals surface area (Å²) in [5, 5.41) is 0.784. The quantitative estimate of drug-likeness (QED) is 0.223. The molecule has 0 aliphatic rings. The van der Waals surface area contributed by atoms with Crippen LogP contribution in [0.3, 0.4) is 0 Å². The van der Waals surface area contributed by atoms with Gasteiger partial charge in [0.25, 0.3) is 0 Å². The summed E-state index contributed by atoms with van der Waals surface area (Å²) in [5.41, 5.74) is 1.28. The Kier molecular flexibility index (Phi) is 5.51. The highest BCUT2D eigenvalue weighted by Gasteiger charge is 2.34. The van der Waals surface area contributed by atoms with Crippen molar-refractivity contribution in [3.05, 3.63) is 92.9 Å². The van der Waals surface area contributed by atoms with Crippen LogP contribution in [0.15, 0.2) is 59.1 Å². The maximum absolute atomic E-state index is 13.7. The topological polar surface area (TPSA) is 78.4 Å². The van der Waals surface area contributed by atoms with Crippen LogP contribution in [-0.2, 0) is 9.47 Å². The molecule has 2 heterocycles. The summed E-state index contributed by atoms with van der Waals surface area (Å²) in [6.07, 6.45) is 0. The second kappa shape index (κ2) is 8.29. The predicted molar refractivity (Wildman–Crippen MR) is 121 cm³/mol. The van der Waals surface area contributed by atoms with Crippen LogP contribution in [0, 0.1) is 6.57 Å². The standard InChI is InChI=1S/C24H15BrN2O5/c1-26-15-10-8-13(9-11-15)22(28)21-19(24(30)32-3)18(23(29)31-2)20-16(25)12-14-6-4-5-7-17(14)27(20)21/h4-12H,2-3H3. The number of rotatable bonds is 4. The molecular weight excluding hydrogens is 476 g/mol. The van der Waals surface area contributed by atoms with Crippen LogP contribution in [-0.4, -0.2) is 36.3 Å². The molecule has 0 atom stereocenters. The molecule has 158 valence electrons. The van der Waals surface area contributed by atoms with Crippen LogP contribution in [0.1, 0.15) is 36.8 Å².